The standard InChI is InChI=1S/C14H16N2O2/c1-10(2)18-14-7-6-13(15-16-14)12-5-3-4-11(8-12)9-17/h3-8,10,17H,9H2,1-2H3. The summed E-state index contributed by atoms with van der Waals surface area (Å²) >= 11 is 0. The maximum absolute atomic E-state index is 9.10. The zero-order valence-electron chi connectivity index (χ0n) is 10.5. The van der Waals surface area contributed by atoms with Gasteiger partial charge in [-0.15, -0.1) is 10.2 Å². The molecule has 2 aromatic rings. The van der Waals surface area contributed by atoms with Gasteiger partial charge in [0.1, 0.15) is 0 Å². The average Bonchev–Trinajstić information content (AvgIpc) is 2.39. The second-order valence-corrected chi connectivity index (χ2v) is 4.28. The molecule has 1 aromatic heterocycles. The highest BCUT2D eigenvalue weighted by Gasteiger charge is 2.03. The van der Waals surface area contributed by atoms with Crippen molar-refractivity contribution >= 4 is 0 Å². The number of ether oxygens (including phenoxy) is 1. The molecular formula is C14H16N2O2. The molecule has 0 aliphatic carbocycles. The molecule has 2 rings (SSSR count). The molecule has 4 heteroatoms. The van der Waals surface area contributed by atoms with Crippen molar-refractivity contribution in [3.8, 4) is 17.1 Å². The summed E-state index contributed by atoms with van der Waals surface area (Å²) in [7, 11) is 0. The molecule has 0 amide bonds. The Balaban J connectivity index is 2.22. The molecule has 0 saturated carbocycles. The van der Waals surface area contributed by atoms with Gasteiger partial charge in [-0.1, -0.05) is 18.2 Å². The van der Waals surface area contributed by atoms with E-state index in [1.54, 1.807) is 6.07 Å². The highest BCUT2D eigenvalue weighted by atomic mass is 16.5. The van der Waals surface area contributed by atoms with Crippen LogP contribution in [0, 0.1) is 0 Å². The number of aliphatic hydroxyl groups excluding tert-OH is 1. The lowest BCUT2D eigenvalue weighted by atomic mass is 10.1. The Morgan fingerprint density at radius 2 is 2.00 bits per heavy atom. The fraction of sp³-hybridized carbons (Fsp3) is 0.286. The summed E-state index contributed by atoms with van der Waals surface area (Å²) in [5.74, 6) is 0.520. The van der Waals surface area contributed by atoms with Crippen molar-refractivity contribution in [2.45, 2.75) is 26.6 Å². The number of hydrogen-bond donors (Lipinski definition) is 1. The summed E-state index contributed by atoms with van der Waals surface area (Å²) in [6.07, 6.45) is 0.0860. The van der Waals surface area contributed by atoms with Crippen LogP contribution in [-0.4, -0.2) is 21.4 Å². The van der Waals surface area contributed by atoms with Crippen LogP contribution in [-0.2, 0) is 6.61 Å². The number of benzene rings is 1. The number of aromatic nitrogens is 2. The van der Waals surface area contributed by atoms with Crippen LogP contribution < -0.4 is 4.74 Å². The van der Waals surface area contributed by atoms with E-state index in [9.17, 15) is 0 Å². The van der Waals surface area contributed by atoms with Crippen LogP contribution in [0.15, 0.2) is 36.4 Å². The van der Waals surface area contributed by atoms with Crippen LogP contribution in [0.5, 0.6) is 5.88 Å². The normalized spacial score (nSPS) is 10.7. The topological polar surface area (TPSA) is 55.2 Å². The molecule has 0 aliphatic rings. The van der Waals surface area contributed by atoms with E-state index >= 15 is 0 Å². The maximum atomic E-state index is 9.10. The van der Waals surface area contributed by atoms with Gasteiger partial charge in [0, 0.05) is 11.6 Å². The van der Waals surface area contributed by atoms with Crippen LogP contribution in [0.25, 0.3) is 11.3 Å². The zero-order chi connectivity index (χ0) is 13.0. The summed E-state index contributed by atoms with van der Waals surface area (Å²) in [6.45, 7) is 3.91. The molecule has 0 bridgehead atoms. The lowest BCUT2D eigenvalue weighted by Gasteiger charge is -2.08. The highest BCUT2D eigenvalue weighted by Crippen LogP contribution is 2.19. The number of nitrogens with zero attached hydrogens (tertiary/aromatic N) is 2. The van der Waals surface area contributed by atoms with Crippen molar-refractivity contribution in [2.24, 2.45) is 0 Å². The minimum absolute atomic E-state index is 0.0236. The van der Waals surface area contributed by atoms with Crippen molar-refractivity contribution in [3.63, 3.8) is 0 Å². The fourth-order valence-corrected chi connectivity index (χ4v) is 1.61. The first-order valence-electron chi connectivity index (χ1n) is 5.89. The van der Waals surface area contributed by atoms with Crippen molar-refractivity contribution in [1.29, 1.82) is 0 Å². The minimum atomic E-state index is 0.0236. The molecule has 0 atom stereocenters. The van der Waals surface area contributed by atoms with E-state index in [4.69, 9.17) is 9.84 Å². The van der Waals surface area contributed by atoms with E-state index in [0.717, 1.165) is 16.8 Å². The average molecular weight is 244 g/mol. The van der Waals surface area contributed by atoms with E-state index in [0.29, 0.717) is 5.88 Å². The maximum Gasteiger partial charge on any atom is 0.233 e. The monoisotopic (exact) mass is 244 g/mol. The SMILES string of the molecule is CC(C)Oc1ccc(-c2cccc(CO)c2)nn1. The molecule has 1 N–H and O–H groups in total. The van der Waals surface area contributed by atoms with Gasteiger partial charge >= 0.3 is 0 Å². The molecule has 1 aromatic carbocycles. The first-order chi connectivity index (χ1) is 8.69. The third-order valence-corrected chi connectivity index (χ3v) is 2.40. The van der Waals surface area contributed by atoms with Gasteiger partial charge in [0.05, 0.1) is 18.4 Å². The zero-order valence-corrected chi connectivity index (χ0v) is 10.5. The molecule has 0 fully saturated rings. The Morgan fingerprint density at radius 1 is 1.17 bits per heavy atom. The second-order valence-electron chi connectivity index (χ2n) is 4.28. The van der Waals surface area contributed by atoms with Gasteiger partial charge < -0.3 is 9.84 Å². The third-order valence-electron chi connectivity index (χ3n) is 2.40. The number of hydrogen-bond acceptors (Lipinski definition) is 4. The van der Waals surface area contributed by atoms with Crippen molar-refractivity contribution in [3.05, 3.63) is 42.0 Å². The van der Waals surface area contributed by atoms with Crippen LogP contribution in [0.4, 0.5) is 0 Å². The molecule has 0 radical (unpaired) electrons. The van der Waals surface area contributed by atoms with E-state index in [1.165, 1.54) is 0 Å². The first kappa shape index (κ1) is 12.5. The quantitative estimate of drug-likeness (QED) is 0.897. The Kier molecular flexibility index (Phi) is 3.89. The highest BCUT2D eigenvalue weighted by molar-refractivity contribution is 5.59. The molecule has 18 heavy (non-hydrogen) atoms. The first-order valence-corrected chi connectivity index (χ1v) is 5.89. The van der Waals surface area contributed by atoms with Crippen molar-refractivity contribution in [1.82, 2.24) is 10.2 Å². The van der Waals surface area contributed by atoms with Gasteiger partial charge in [0.2, 0.25) is 5.88 Å². The van der Waals surface area contributed by atoms with E-state index < -0.39 is 0 Å². The van der Waals surface area contributed by atoms with Gasteiger partial charge in [-0.05, 0) is 31.5 Å². The summed E-state index contributed by atoms with van der Waals surface area (Å²) in [6, 6.07) is 11.3. The van der Waals surface area contributed by atoms with Gasteiger partial charge in [-0.25, -0.2) is 0 Å². The lowest BCUT2D eigenvalue weighted by Crippen LogP contribution is -2.07. The van der Waals surface area contributed by atoms with E-state index in [-0.39, 0.29) is 12.7 Å². The molecular weight excluding hydrogens is 228 g/mol. The van der Waals surface area contributed by atoms with Crippen LogP contribution in [0.1, 0.15) is 19.4 Å². The van der Waals surface area contributed by atoms with Crippen molar-refractivity contribution in [2.75, 3.05) is 0 Å². The largest absolute Gasteiger partial charge is 0.474 e. The Morgan fingerprint density at radius 3 is 2.61 bits per heavy atom. The predicted molar refractivity (Wildman–Crippen MR) is 69.2 cm³/mol. The van der Waals surface area contributed by atoms with Crippen LogP contribution >= 0.6 is 0 Å². The van der Waals surface area contributed by atoms with Crippen LogP contribution in [0.2, 0.25) is 0 Å². The number of aliphatic hydroxyl groups is 1. The minimum Gasteiger partial charge on any atom is -0.474 e. The lowest BCUT2D eigenvalue weighted by molar-refractivity contribution is 0.230. The summed E-state index contributed by atoms with van der Waals surface area (Å²) in [5, 5.41) is 17.2. The Bertz CT molecular complexity index is 509. The van der Waals surface area contributed by atoms with Crippen molar-refractivity contribution < 1.29 is 9.84 Å². The van der Waals surface area contributed by atoms with E-state index in [2.05, 4.69) is 10.2 Å². The molecule has 0 unspecified atom stereocenters. The summed E-state index contributed by atoms with van der Waals surface area (Å²) in [4.78, 5) is 0. The second kappa shape index (κ2) is 5.60. The molecule has 0 saturated heterocycles. The number of rotatable bonds is 4. The van der Waals surface area contributed by atoms with Crippen LogP contribution in [0.3, 0.4) is 0 Å². The van der Waals surface area contributed by atoms with Gasteiger partial charge in [0.15, 0.2) is 0 Å². The van der Waals surface area contributed by atoms with Gasteiger partial charge in [-0.3, -0.25) is 0 Å². The fourth-order valence-electron chi connectivity index (χ4n) is 1.61. The summed E-state index contributed by atoms with van der Waals surface area (Å²) in [5.41, 5.74) is 2.56. The molecule has 0 aliphatic heterocycles. The van der Waals surface area contributed by atoms with E-state index in [1.807, 2.05) is 44.2 Å². The smallest absolute Gasteiger partial charge is 0.233 e. The molecule has 1 heterocycles. The Hall–Kier alpha value is -1.94. The molecule has 94 valence electrons. The third kappa shape index (κ3) is 3.05. The predicted octanol–water partition coefficient (Wildman–Crippen LogP) is 2.42. The molecule has 4 nitrogen and oxygen atoms in total. The summed E-state index contributed by atoms with van der Waals surface area (Å²) < 4.78 is 5.44. The molecule has 0 spiro atoms. The Labute approximate surface area is 106 Å². The van der Waals surface area contributed by atoms with Gasteiger partial charge in [0.25, 0.3) is 0 Å². The van der Waals surface area contributed by atoms with Gasteiger partial charge in [-0.2, -0.15) is 0 Å².